The summed E-state index contributed by atoms with van der Waals surface area (Å²) in [6.07, 6.45) is 0. The number of aryl methyl sites for hydroxylation is 1. The smallest absolute Gasteiger partial charge is 0.241 e. The molecule has 0 aliphatic heterocycles. The Balaban J connectivity index is 1.96. The fraction of sp³-hybridized carbons (Fsp3) is 0.278. The molecular formula is C18H20ClN3O3S. The lowest BCUT2D eigenvalue weighted by molar-refractivity contribution is 0.282. The normalized spacial score (nSPS) is 13.2. The van der Waals surface area contributed by atoms with Gasteiger partial charge in [0.2, 0.25) is 10.0 Å². The summed E-state index contributed by atoms with van der Waals surface area (Å²) in [5, 5.41) is 9.78. The van der Waals surface area contributed by atoms with E-state index in [-0.39, 0.29) is 11.5 Å². The zero-order valence-corrected chi connectivity index (χ0v) is 16.0. The van der Waals surface area contributed by atoms with Gasteiger partial charge in [-0.05, 0) is 55.8 Å². The van der Waals surface area contributed by atoms with Crippen LogP contribution in [0.4, 0.5) is 0 Å². The van der Waals surface area contributed by atoms with E-state index in [4.69, 9.17) is 11.6 Å². The zero-order chi connectivity index (χ0) is 18.9. The van der Waals surface area contributed by atoms with E-state index in [1.165, 1.54) is 12.1 Å². The zero-order valence-electron chi connectivity index (χ0n) is 14.5. The number of aromatic nitrogens is 2. The number of aliphatic hydroxyl groups is 1. The van der Waals surface area contributed by atoms with E-state index in [9.17, 15) is 13.5 Å². The van der Waals surface area contributed by atoms with E-state index in [1.54, 1.807) is 19.1 Å². The van der Waals surface area contributed by atoms with Gasteiger partial charge >= 0.3 is 0 Å². The van der Waals surface area contributed by atoms with E-state index in [2.05, 4.69) is 9.71 Å². The number of imidazole rings is 1. The number of hydrogen-bond donors (Lipinski definition) is 2. The predicted molar refractivity (Wildman–Crippen MR) is 102 cm³/mol. The first-order chi connectivity index (χ1) is 12.4. The Morgan fingerprint density at radius 2 is 1.92 bits per heavy atom. The molecule has 2 aromatic carbocycles. The van der Waals surface area contributed by atoms with Crippen LogP contribution in [-0.2, 0) is 23.2 Å². The first-order valence-corrected chi connectivity index (χ1v) is 10.1. The van der Waals surface area contributed by atoms with Gasteiger partial charge in [0.1, 0.15) is 5.82 Å². The number of nitrogens with one attached hydrogen (secondary N) is 1. The molecule has 0 bridgehead atoms. The minimum Gasteiger partial charge on any atom is -0.392 e. The number of rotatable bonds is 6. The van der Waals surface area contributed by atoms with Gasteiger partial charge in [-0.1, -0.05) is 17.7 Å². The quantitative estimate of drug-likeness (QED) is 0.673. The van der Waals surface area contributed by atoms with Gasteiger partial charge in [-0.2, -0.15) is 0 Å². The molecule has 0 radical (unpaired) electrons. The molecule has 3 aromatic rings. The number of benzene rings is 2. The second kappa shape index (κ2) is 7.36. The van der Waals surface area contributed by atoms with Crippen LogP contribution in [0.3, 0.4) is 0 Å². The van der Waals surface area contributed by atoms with Crippen LogP contribution in [0.2, 0.25) is 5.02 Å². The SMILES string of the molecule is CCn1c([C@@H](C)NS(=O)(=O)c2ccc(Cl)cc2)nc2cc(CO)ccc21. The summed E-state index contributed by atoms with van der Waals surface area (Å²) in [6.45, 7) is 4.32. The molecule has 0 fully saturated rings. The van der Waals surface area contributed by atoms with E-state index >= 15 is 0 Å². The van der Waals surface area contributed by atoms with Crippen molar-refractivity contribution >= 4 is 32.7 Å². The molecule has 3 rings (SSSR count). The third-order valence-corrected chi connectivity index (χ3v) is 5.99. The van der Waals surface area contributed by atoms with Crippen molar-refractivity contribution in [2.24, 2.45) is 0 Å². The molecule has 0 aliphatic rings. The number of aliphatic hydroxyl groups excluding tert-OH is 1. The Morgan fingerprint density at radius 3 is 2.54 bits per heavy atom. The number of fused-ring (bicyclic) bond motifs is 1. The lowest BCUT2D eigenvalue weighted by Gasteiger charge is -2.15. The highest BCUT2D eigenvalue weighted by molar-refractivity contribution is 7.89. The third kappa shape index (κ3) is 3.61. The Labute approximate surface area is 157 Å². The molecule has 0 unspecified atom stereocenters. The first-order valence-electron chi connectivity index (χ1n) is 8.23. The minimum absolute atomic E-state index is 0.0665. The fourth-order valence-corrected chi connectivity index (χ4v) is 4.25. The van der Waals surface area contributed by atoms with E-state index in [0.717, 1.165) is 16.6 Å². The maximum Gasteiger partial charge on any atom is 0.241 e. The average molecular weight is 394 g/mol. The molecule has 2 N–H and O–H groups in total. The highest BCUT2D eigenvalue weighted by Crippen LogP contribution is 2.24. The maximum atomic E-state index is 12.6. The molecule has 1 heterocycles. The van der Waals surface area contributed by atoms with Crippen LogP contribution in [0.5, 0.6) is 0 Å². The number of halogens is 1. The van der Waals surface area contributed by atoms with Crippen LogP contribution in [0.15, 0.2) is 47.4 Å². The number of hydrogen-bond acceptors (Lipinski definition) is 4. The van der Waals surface area contributed by atoms with Gasteiger partial charge in [-0.15, -0.1) is 0 Å². The lowest BCUT2D eigenvalue weighted by atomic mass is 10.2. The van der Waals surface area contributed by atoms with Crippen molar-refractivity contribution in [3.8, 4) is 0 Å². The number of sulfonamides is 1. The van der Waals surface area contributed by atoms with E-state index < -0.39 is 16.1 Å². The molecule has 0 saturated carbocycles. The summed E-state index contributed by atoms with van der Waals surface area (Å²) < 4.78 is 29.9. The van der Waals surface area contributed by atoms with Crippen molar-refractivity contribution < 1.29 is 13.5 Å². The van der Waals surface area contributed by atoms with Crippen molar-refractivity contribution in [1.29, 1.82) is 0 Å². The lowest BCUT2D eigenvalue weighted by Crippen LogP contribution is -2.28. The molecule has 26 heavy (non-hydrogen) atoms. The minimum atomic E-state index is -3.70. The average Bonchev–Trinajstić information content (AvgIpc) is 2.99. The first kappa shape index (κ1) is 18.8. The van der Waals surface area contributed by atoms with Crippen molar-refractivity contribution in [2.75, 3.05) is 0 Å². The molecule has 6 nitrogen and oxygen atoms in total. The van der Waals surface area contributed by atoms with Gasteiger partial charge in [-0.3, -0.25) is 0 Å². The van der Waals surface area contributed by atoms with Crippen LogP contribution in [-0.4, -0.2) is 23.1 Å². The summed E-state index contributed by atoms with van der Waals surface area (Å²) in [7, 11) is -3.70. The highest BCUT2D eigenvalue weighted by Gasteiger charge is 2.22. The van der Waals surface area contributed by atoms with E-state index in [0.29, 0.717) is 17.4 Å². The molecule has 0 aliphatic carbocycles. The van der Waals surface area contributed by atoms with Gasteiger partial charge in [0.15, 0.2) is 0 Å². The Bertz CT molecular complexity index is 1030. The second-order valence-electron chi connectivity index (χ2n) is 5.99. The molecule has 1 atom stereocenters. The van der Waals surface area contributed by atoms with Crippen molar-refractivity contribution in [1.82, 2.24) is 14.3 Å². The van der Waals surface area contributed by atoms with Gasteiger partial charge < -0.3 is 9.67 Å². The largest absolute Gasteiger partial charge is 0.392 e. The van der Waals surface area contributed by atoms with Crippen LogP contribution < -0.4 is 4.72 Å². The van der Waals surface area contributed by atoms with Gasteiger partial charge in [-0.25, -0.2) is 18.1 Å². The Hall–Kier alpha value is -1.93. The summed E-state index contributed by atoms with van der Waals surface area (Å²) in [4.78, 5) is 4.74. The Morgan fingerprint density at radius 1 is 1.23 bits per heavy atom. The predicted octanol–water partition coefficient (Wildman–Crippen LogP) is 3.24. The molecule has 138 valence electrons. The van der Waals surface area contributed by atoms with Crippen molar-refractivity contribution in [2.45, 2.75) is 37.9 Å². The van der Waals surface area contributed by atoms with Gasteiger partial charge in [0.25, 0.3) is 0 Å². The third-order valence-electron chi connectivity index (χ3n) is 4.18. The van der Waals surface area contributed by atoms with Crippen LogP contribution in [0.25, 0.3) is 11.0 Å². The Kier molecular flexibility index (Phi) is 5.34. The van der Waals surface area contributed by atoms with Crippen LogP contribution in [0, 0.1) is 0 Å². The topological polar surface area (TPSA) is 84.2 Å². The second-order valence-corrected chi connectivity index (χ2v) is 8.14. The van der Waals surface area contributed by atoms with Gasteiger partial charge in [0, 0.05) is 11.6 Å². The summed E-state index contributed by atoms with van der Waals surface area (Å²) in [5.41, 5.74) is 2.39. The maximum absolute atomic E-state index is 12.6. The van der Waals surface area contributed by atoms with Gasteiger partial charge in [0.05, 0.1) is 28.6 Å². The summed E-state index contributed by atoms with van der Waals surface area (Å²) in [6, 6.07) is 11.0. The molecule has 0 spiro atoms. The van der Waals surface area contributed by atoms with Crippen LogP contribution >= 0.6 is 11.6 Å². The number of nitrogens with zero attached hydrogens (tertiary/aromatic N) is 2. The van der Waals surface area contributed by atoms with Crippen molar-refractivity contribution in [3.63, 3.8) is 0 Å². The summed E-state index contributed by atoms with van der Waals surface area (Å²) >= 11 is 5.83. The van der Waals surface area contributed by atoms with E-state index in [1.807, 2.05) is 29.7 Å². The highest BCUT2D eigenvalue weighted by atomic mass is 35.5. The van der Waals surface area contributed by atoms with Crippen LogP contribution in [0.1, 0.15) is 31.3 Å². The molecule has 0 amide bonds. The molecular weight excluding hydrogens is 374 g/mol. The van der Waals surface area contributed by atoms with Crippen molar-refractivity contribution in [3.05, 3.63) is 58.9 Å². The molecule has 1 aromatic heterocycles. The fourth-order valence-electron chi connectivity index (χ4n) is 2.92. The summed E-state index contributed by atoms with van der Waals surface area (Å²) in [5.74, 6) is 0.620. The standard InChI is InChI=1S/C18H20ClN3O3S/c1-3-22-17-9-4-13(11-23)10-16(17)20-18(22)12(2)21-26(24,25)15-7-5-14(19)6-8-15/h4-10,12,21,23H,3,11H2,1-2H3/t12-/m1/s1. The monoisotopic (exact) mass is 393 g/mol. The molecule has 0 saturated heterocycles. The molecule has 8 heteroatoms.